The number of carbonyl (C=O) groups is 1. The molecule has 1 aliphatic heterocycles. The highest BCUT2D eigenvalue weighted by Gasteiger charge is 2.56. The van der Waals surface area contributed by atoms with Gasteiger partial charge in [-0.15, -0.1) is 0 Å². The second-order valence-electron chi connectivity index (χ2n) is 3.73. The Balaban J connectivity index is 2.24. The number of hydrogen-bond acceptors (Lipinski definition) is 1. The third kappa shape index (κ3) is 0.907. The smallest absolute Gasteiger partial charge is 0.235 e. The second-order valence-corrected chi connectivity index (χ2v) is 4.97. The van der Waals surface area contributed by atoms with Crippen molar-refractivity contribution in [3.05, 3.63) is 27.3 Å². The first-order valence-corrected chi connectivity index (χ1v) is 5.42. The first-order chi connectivity index (χ1) is 6.22. The summed E-state index contributed by atoms with van der Waals surface area (Å²) in [5, 5.41) is 2.94. The first kappa shape index (κ1) is 7.79. The highest BCUT2D eigenvalue weighted by molar-refractivity contribution is 14.1. The highest BCUT2D eigenvalue weighted by Crippen LogP contribution is 2.55. The summed E-state index contributed by atoms with van der Waals surface area (Å²) in [7, 11) is 0. The van der Waals surface area contributed by atoms with E-state index in [1.54, 1.807) is 0 Å². The van der Waals surface area contributed by atoms with Crippen molar-refractivity contribution in [3.8, 4) is 0 Å². The van der Waals surface area contributed by atoms with Gasteiger partial charge in [0.25, 0.3) is 0 Å². The van der Waals surface area contributed by atoms with Gasteiger partial charge in [-0.3, -0.25) is 4.79 Å². The Morgan fingerprint density at radius 2 is 2.15 bits per heavy atom. The third-order valence-corrected chi connectivity index (χ3v) is 3.60. The van der Waals surface area contributed by atoms with E-state index in [0.29, 0.717) is 0 Å². The Kier molecular flexibility index (Phi) is 1.35. The van der Waals surface area contributed by atoms with E-state index in [2.05, 4.69) is 34.0 Å². The van der Waals surface area contributed by atoms with Crippen molar-refractivity contribution in [1.29, 1.82) is 0 Å². The number of nitrogens with one attached hydrogen (secondary N) is 1. The van der Waals surface area contributed by atoms with E-state index < -0.39 is 0 Å². The summed E-state index contributed by atoms with van der Waals surface area (Å²) in [5.74, 6) is 0.199. The molecule has 1 N–H and O–H groups in total. The highest BCUT2D eigenvalue weighted by atomic mass is 127. The molecule has 1 spiro atoms. The van der Waals surface area contributed by atoms with Crippen LogP contribution in [-0.4, -0.2) is 5.91 Å². The van der Waals surface area contributed by atoms with E-state index in [-0.39, 0.29) is 11.3 Å². The van der Waals surface area contributed by atoms with E-state index in [1.807, 2.05) is 12.1 Å². The maximum absolute atomic E-state index is 11.6. The van der Waals surface area contributed by atoms with Gasteiger partial charge in [0.2, 0.25) is 5.91 Å². The summed E-state index contributed by atoms with van der Waals surface area (Å²) >= 11 is 2.29. The molecule has 13 heavy (non-hydrogen) atoms. The molecule has 66 valence electrons. The third-order valence-electron chi connectivity index (χ3n) is 2.93. The number of amides is 1. The molecule has 1 saturated carbocycles. The zero-order valence-electron chi connectivity index (χ0n) is 6.93. The molecule has 0 radical (unpaired) electrons. The summed E-state index contributed by atoms with van der Waals surface area (Å²) in [5.41, 5.74) is 2.10. The lowest BCUT2D eigenvalue weighted by Crippen LogP contribution is -2.18. The number of halogens is 1. The fraction of sp³-hybridized carbons (Fsp3) is 0.300. The summed E-state index contributed by atoms with van der Waals surface area (Å²) < 4.78 is 1.21. The van der Waals surface area contributed by atoms with Crippen molar-refractivity contribution in [3.63, 3.8) is 0 Å². The molecule has 0 atom stereocenters. The van der Waals surface area contributed by atoms with E-state index in [4.69, 9.17) is 0 Å². The Hall–Kier alpha value is -0.580. The van der Waals surface area contributed by atoms with Gasteiger partial charge in [-0.25, -0.2) is 0 Å². The maximum Gasteiger partial charge on any atom is 0.235 e. The van der Waals surface area contributed by atoms with Crippen LogP contribution in [0.1, 0.15) is 18.4 Å². The molecule has 3 heteroatoms. The van der Waals surface area contributed by atoms with E-state index in [9.17, 15) is 4.79 Å². The van der Waals surface area contributed by atoms with Gasteiger partial charge < -0.3 is 5.32 Å². The van der Waals surface area contributed by atoms with Crippen LogP contribution in [-0.2, 0) is 10.2 Å². The number of benzene rings is 1. The van der Waals surface area contributed by atoms with Crippen molar-refractivity contribution < 1.29 is 4.79 Å². The fourth-order valence-corrected chi connectivity index (χ4v) is 2.50. The molecule has 2 aliphatic rings. The number of hydrogen-bond donors (Lipinski definition) is 1. The Bertz CT molecular complexity index is 409. The quantitative estimate of drug-likeness (QED) is 0.728. The average molecular weight is 285 g/mol. The first-order valence-electron chi connectivity index (χ1n) is 4.34. The van der Waals surface area contributed by atoms with Crippen LogP contribution in [0.5, 0.6) is 0 Å². The van der Waals surface area contributed by atoms with E-state index in [0.717, 1.165) is 18.5 Å². The number of carbonyl (C=O) groups excluding carboxylic acids is 1. The average Bonchev–Trinajstić information content (AvgIpc) is 2.83. The number of rotatable bonds is 0. The van der Waals surface area contributed by atoms with Crippen LogP contribution < -0.4 is 5.32 Å². The van der Waals surface area contributed by atoms with Crippen molar-refractivity contribution in [1.82, 2.24) is 0 Å². The number of anilines is 1. The molecule has 0 aromatic heterocycles. The molecule has 1 amide bonds. The molecular weight excluding hydrogens is 277 g/mol. The molecule has 1 aliphatic carbocycles. The van der Waals surface area contributed by atoms with Gasteiger partial charge in [0.15, 0.2) is 0 Å². The second kappa shape index (κ2) is 2.26. The van der Waals surface area contributed by atoms with Gasteiger partial charge in [-0.2, -0.15) is 0 Å². The molecule has 2 nitrogen and oxygen atoms in total. The monoisotopic (exact) mass is 285 g/mol. The van der Waals surface area contributed by atoms with Gasteiger partial charge in [0.05, 0.1) is 5.41 Å². The largest absolute Gasteiger partial charge is 0.325 e. The Morgan fingerprint density at radius 3 is 2.85 bits per heavy atom. The van der Waals surface area contributed by atoms with Crippen molar-refractivity contribution in [2.75, 3.05) is 5.32 Å². The topological polar surface area (TPSA) is 29.1 Å². The molecule has 0 saturated heterocycles. The molecule has 1 aromatic rings. The normalized spacial score (nSPS) is 21.5. The van der Waals surface area contributed by atoms with E-state index in [1.165, 1.54) is 9.13 Å². The molecule has 1 fully saturated rings. The molecule has 1 aromatic carbocycles. The van der Waals surface area contributed by atoms with Crippen LogP contribution in [0.2, 0.25) is 0 Å². The summed E-state index contributed by atoms with van der Waals surface area (Å²) in [6, 6.07) is 6.16. The van der Waals surface area contributed by atoms with Crippen LogP contribution in [0.4, 0.5) is 5.69 Å². The predicted octanol–water partition coefficient (Wildman–Crippen LogP) is 2.27. The minimum atomic E-state index is -0.128. The van der Waals surface area contributed by atoms with Crippen LogP contribution in [0.15, 0.2) is 18.2 Å². The Labute approximate surface area is 89.9 Å². The van der Waals surface area contributed by atoms with Crippen LogP contribution in [0.25, 0.3) is 0 Å². The lowest BCUT2D eigenvalue weighted by atomic mass is 9.98. The summed E-state index contributed by atoms with van der Waals surface area (Å²) in [6.45, 7) is 0. The molecule has 0 unspecified atom stereocenters. The lowest BCUT2D eigenvalue weighted by molar-refractivity contribution is -0.117. The fourth-order valence-electron chi connectivity index (χ4n) is 2.01. The van der Waals surface area contributed by atoms with Crippen molar-refractivity contribution in [2.45, 2.75) is 18.3 Å². The van der Waals surface area contributed by atoms with Crippen LogP contribution in [0, 0.1) is 3.57 Å². The van der Waals surface area contributed by atoms with Crippen molar-refractivity contribution >= 4 is 34.2 Å². The van der Waals surface area contributed by atoms with Crippen molar-refractivity contribution in [2.24, 2.45) is 0 Å². The molecule has 0 bridgehead atoms. The molecular formula is C10H8INO. The SMILES string of the molecule is O=C1Nc2ccc(I)cc2C12CC2. The summed E-state index contributed by atoms with van der Waals surface area (Å²) in [6.07, 6.45) is 2.04. The minimum Gasteiger partial charge on any atom is -0.325 e. The Morgan fingerprint density at radius 1 is 1.38 bits per heavy atom. The van der Waals surface area contributed by atoms with Gasteiger partial charge in [0, 0.05) is 9.26 Å². The van der Waals surface area contributed by atoms with Crippen LogP contribution in [0.3, 0.4) is 0 Å². The van der Waals surface area contributed by atoms with Crippen LogP contribution >= 0.6 is 22.6 Å². The zero-order chi connectivity index (χ0) is 9.05. The zero-order valence-corrected chi connectivity index (χ0v) is 9.09. The van der Waals surface area contributed by atoms with Gasteiger partial charge >= 0.3 is 0 Å². The van der Waals surface area contributed by atoms with Gasteiger partial charge in [-0.1, -0.05) is 0 Å². The van der Waals surface area contributed by atoms with Gasteiger partial charge in [-0.05, 0) is 59.2 Å². The summed E-state index contributed by atoms with van der Waals surface area (Å²) in [4.78, 5) is 11.6. The molecule has 1 heterocycles. The molecule has 3 rings (SSSR count). The number of fused-ring (bicyclic) bond motifs is 2. The van der Waals surface area contributed by atoms with E-state index >= 15 is 0 Å². The minimum absolute atomic E-state index is 0.128. The standard InChI is InChI=1S/C10H8INO/c11-6-1-2-8-7(5-6)10(3-4-10)9(13)12-8/h1-2,5H,3-4H2,(H,12,13). The predicted molar refractivity (Wildman–Crippen MR) is 58.7 cm³/mol. The lowest BCUT2D eigenvalue weighted by Gasteiger charge is -2.03. The van der Waals surface area contributed by atoms with Gasteiger partial charge in [0.1, 0.15) is 0 Å². The maximum atomic E-state index is 11.6.